The Balaban J connectivity index is 2.35. The molecule has 88 valence electrons. The summed E-state index contributed by atoms with van der Waals surface area (Å²) in [5.41, 5.74) is 8.45. The summed E-state index contributed by atoms with van der Waals surface area (Å²) in [5.74, 6) is 1.34. The van der Waals surface area contributed by atoms with Crippen molar-refractivity contribution in [2.75, 3.05) is 5.73 Å². The van der Waals surface area contributed by atoms with Gasteiger partial charge in [-0.2, -0.15) is 0 Å². The van der Waals surface area contributed by atoms with Crippen molar-refractivity contribution < 1.29 is 4.74 Å². The van der Waals surface area contributed by atoms with Gasteiger partial charge >= 0.3 is 0 Å². The van der Waals surface area contributed by atoms with Crippen molar-refractivity contribution in [2.24, 2.45) is 0 Å². The Morgan fingerprint density at radius 1 is 1.29 bits per heavy atom. The maximum atomic E-state index is 5.83. The van der Waals surface area contributed by atoms with Crippen LogP contribution in [0.4, 0.5) is 5.69 Å². The topological polar surface area (TPSA) is 48.1 Å². The zero-order chi connectivity index (χ0) is 12.4. The molecule has 0 bridgehead atoms. The van der Waals surface area contributed by atoms with Gasteiger partial charge < -0.3 is 10.5 Å². The van der Waals surface area contributed by atoms with E-state index in [4.69, 9.17) is 10.5 Å². The van der Waals surface area contributed by atoms with Crippen LogP contribution in [0.15, 0.2) is 34.9 Å². The average Bonchev–Trinajstić information content (AvgIpc) is 2.28. The first-order chi connectivity index (χ1) is 8.08. The molecule has 0 aliphatic rings. The summed E-state index contributed by atoms with van der Waals surface area (Å²) in [6.45, 7) is 3.88. The Kier molecular flexibility index (Phi) is 3.33. The van der Waals surface area contributed by atoms with Gasteiger partial charge in [0.1, 0.15) is 5.75 Å². The highest BCUT2D eigenvalue weighted by Gasteiger charge is 2.07. The van der Waals surface area contributed by atoms with Gasteiger partial charge in [0, 0.05) is 27.5 Å². The standard InChI is InChI=1S/C13H13BrN2O/c1-8-6-10(14)7-16-13(8)17-12-5-3-4-11(15)9(12)2/h3-7H,15H2,1-2H3. The number of pyridine rings is 1. The zero-order valence-corrected chi connectivity index (χ0v) is 11.3. The zero-order valence-electron chi connectivity index (χ0n) is 9.70. The number of aryl methyl sites for hydroxylation is 1. The second-order valence-electron chi connectivity index (χ2n) is 3.85. The second kappa shape index (κ2) is 4.75. The van der Waals surface area contributed by atoms with Crippen molar-refractivity contribution in [1.82, 2.24) is 4.98 Å². The summed E-state index contributed by atoms with van der Waals surface area (Å²) in [6, 6.07) is 7.56. The molecular weight excluding hydrogens is 280 g/mol. The van der Waals surface area contributed by atoms with Crippen molar-refractivity contribution >= 4 is 21.6 Å². The van der Waals surface area contributed by atoms with Crippen LogP contribution >= 0.6 is 15.9 Å². The van der Waals surface area contributed by atoms with Gasteiger partial charge in [-0.1, -0.05) is 6.07 Å². The predicted octanol–water partition coefficient (Wildman–Crippen LogP) is 3.84. The van der Waals surface area contributed by atoms with Crippen LogP contribution in [0.3, 0.4) is 0 Å². The third kappa shape index (κ3) is 2.58. The maximum Gasteiger partial charge on any atom is 0.222 e. The number of nitrogens with zero attached hydrogens (tertiary/aromatic N) is 1. The molecule has 0 unspecified atom stereocenters. The predicted molar refractivity (Wildman–Crippen MR) is 72.3 cm³/mol. The van der Waals surface area contributed by atoms with Crippen LogP contribution < -0.4 is 10.5 Å². The SMILES string of the molecule is Cc1cc(Br)cnc1Oc1cccc(N)c1C. The number of aromatic nitrogens is 1. The Hall–Kier alpha value is -1.55. The highest BCUT2D eigenvalue weighted by Crippen LogP contribution is 2.29. The quantitative estimate of drug-likeness (QED) is 0.856. The number of nitrogens with two attached hydrogens (primary N) is 1. The minimum Gasteiger partial charge on any atom is -0.438 e. The van der Waals surface area contributed by atoms with Crippen LogP contribution in [0.2, 0.25) is 0 Å². The fourth-order valence-electron chi connectivity index (χ4n) is 1.48. The van der Waals surface area contributed by atoms with E-state index in [-0.39, 0.29) is 0 Å². The first kappa shape index (κ1) is 11.9. The molecule has 0 spiro atoms. The monoisotopic (exact) mass is 292 g/mol. The Bertz CT molecular complexity index is 555. The van der Waals surface area contributed by atoms with Crippen LogP contribution in [0, 0.1) is 13.8 Å². The third-order valence-electron chi connectivity index (χ3n) is 2.53. The van der Waals surface area contributed by atoms with Gasteiger partial charge in [-0.05, 0) is 48.0 Å². The molecule has 1 aromatic carbocycles. The summed E-state index contributed by atoms with van der Waals surface area (Å²) < 4.78 is 6.70. The van der Waals surface area contributed by atoms with Gasteiger partial charge in [-0.3, -0.25) is 0 Å². The third-order valence-corrected chi connectivity index (χ3v) is 2.96. The Morgan fingerprint density at radius 3 is 2.76 bits per heavy atom. The van der Waals surface area contributed by atoms with E-state index in [1.165, 1.54) is 0 Å². The first-order valence-electron chi connectivity index (χ1n) is 5.23. The summed E-state index contributed by atoms with van der Waals surface area (Å²) in [7, 11) is 0. The molecule has 1 aromatic heterocycles. The largest absolute Gasteiger partial charge is 0.438 e. The lowest BCUT2D eigenvalue weighted by Gasteiger charge is -2.11. The van der Waals surface area contributed by atoms with Gasteiger partial charge in [-0.25, -0.2) is 4.98 Å². The lowest BCUT2D eigenvalue weighted by atomic mass is 10.2. The minimum atomic E-state index is 0.599. The fraction of sp³-hybridized carbons (Fsp3) is 0.154. The van der Waals surface area contributed by atoms with Crippen molar-refractivity contribution in [2.45, 2.75) is 13.8 Å². The van der Waals surface area contributed by atoms with Gasteiger partial charge in [-0.15, -0.1) is 0 Å². The first-order valence-corrected chi connectivity index (χ1v) is 6.02. The number of hydrogen-bond acceptors (Lipinski definition) is 3. The molecule has 0 fully saturated rings. The molecule has 0 aliphatic carbocycles. The lowest BCUT2D eigenvalue weighted by molar-refractivity contribution is 0.455. The van der Waals surface area contributed by atoms with Crippen LogP contribution in [0.25, 0.3) is 0 Å². The van der Waals surface area contributed by atoms with Crippen LogP contribution in [-0.2, 0) is 0 Å². The van der Waals surface area contributed by atoms with Crippen molar-refractivity contribution in [1.29, 1.82) is 0 Å². The van der Waals surface area contributed by atoms with Crippen molar-refractivity contribution in [3.63, 3.8) is 0 Å². The van der Waals surface area contributed by atoms with Crippen molar-refractivity contribution in [3.05, 3.63) is 46.1 Å². The molecule has 0 atom stereocenters. The number of anilines is 1. The van der Waals surface area contributed by atoms with Crippen LogP contribution in [-0.4, -0.2) is 4.98 Å². The normalized spacial score (nSPS) is 10.3. The number of nitrogen functional groups attached to an aromatic ring is 1. The summed E-state index contributed by atoms with van der Waals surface area (Å²) >= 11 is 3.37. The molecule has 0 aliphatic heterocycles. The van der Waals surface area contributed by atoms with E-state index in [0.717, 1.165) is 27.0 Å². The summed E-state index contributed by atoms with van der Waals surface area (Å²) in [6.07, 6.45) is 1.71. The smallest absolute Gasteiger partial charge is 0.222 e. The van der Waals surface area contributed by atoms with E-state index in [2.05, 4.69) is 20.9 Å². The molecule has 0 saturated heterocycles. The van der Waals surface area contributed by atoms with Crippen LogP contribution in [0.5, 0.6) is 11.6 Å². The van der Waals surface area contributed by atoms with E-state index in [9.17, 15) is 0 Å². The molecule has 1 heterocycles. The number of benzene rings is 1. The lowest BCUT2D eigenvalue weighted by Crippen LogP contribution is -1.96. The maximum absolute atomic E-state index is 5.83. The van der Waals surface area contributed by atoms with E-state index >= 15 is 0 Å². The number of rotatable bonds is 2. The minimum absolute atomic E-state index is 0.599. The number of ether oxygens (including phenoxy) is 1. The summed E-state index contributed by atoms with van der Waals surface area (Å²) in [4.78, 5) is 4.23. The fourth-order valence-corrected chi connectivity index (χ4v) is 1.93. The second-order valence-corrected chi connectivity index (χ2v) is 4.76. The summed E-state index contributed by atoms with van der Waals surface area (Å²) in [5, 5.41) is 0. The van der Waals surface area contributed by atoms with Gasteiger partial charge in [0.15, 0.2) is 0 Å². The number of halogens is 1. The molecule has 17 heavy (non-hydrogen) atoms. The molecule has 0 radical (unpaired) electrons. The molecule has 0 amide bonds. The van der Waals surface area contributed by atoms with Gasteiger partial charge in [0.25, 0.3) is 0 Å². The van der Waals surface area contributed by atoms with Crippen molar-refractivity contribution in [3.8, 4) is 11.6 Å². The molecular formula is C13H13BrN2O. The van der Waals surface area contributed by atoms with E-state index in [1.54, 1.807) is 6.20 Å². The molecule has 3 nitrogen and oxygen atoms in total. The highest BCUT2D eigenvalue weighted by molar-refractivity contribution is 9.10. The molecule has 2 aromatic rings. The van der Waals surface area contributed by atoms with E-state index in [0.29, 0.717) is 5.88 Å². The van der Waals surface area contributed by atoms with E-state index < -0.39 is 0 Å². The molecule has 4 heteroatoms. The molecule has 0 saturated carbocycles. The van der Waals surface area contributed by atoms with Crippen LogP contribution in [0.1, 0.15) is 11.1 Å². The molecule has 2 N–H and O–H groups in total. The van der Waals surface area contributed by atoms with E-state index in [1.807, 2.05) is 38.1 Å². The average molecular weight is 293 g/mol. The van der Waals surface area contributed by atoms with Gasteiger partial charge in [0.2, 0.25) is 5.88 Å². The Labute approximate surface area is 109 Å². The Morgan fingerprint density at radius 2 is 2.06 bits per heavy atom. The van der Waals surface area contributed by atoms with Gasteiger partial charge in [0.05, 0.1) is 0 Å². The number of hydrogen-bond donors (Lipinski definition) is 1. The highest BCUT2D eigenvalue weighted by atomic mass is 79.9. The molecule has 2 rings (SSSR count).